The van der Waals surface area contributed by atoms with Crippen molar-refractivity contribution in [2.45, 2.75) is 56.7 Å². The van der Waals surface area contributed by atoms with E-state index in [4.69, 9.17) is 42.1 Å². The summed E-state index contributed by atoms with van der Waals surface area (Å²) in [5, 5.41) is 11.0. The molecule has 0 aromatic carbocycles. The molecule has 7 nitrogen and oxygen atoms in total. The summed E-state index contributed by atoms with van der Waals surface area (Å²) in [7, 11) is 0. The van der Waals surface area contributed by atoms with Gasteiger partial charge in [0, 0.05) is 5.41 Å². The van der Waals surface area contributed by atoms with Gasteiger partial charge in [0.25, 0.3) is 0 Å². The molecule has 2 bridgehead atoms. The van der Waals surface area contributed by atoms with Gasteiger partial charge in [0.2, 0.25) is 0 Å². The molecule has 0 aromatic rings. The molecule has 9 heteroatoms. The van der Waals surface area contributed by atoms with Gasteiger partial charge in [-0.15, -0.1) is 23.2 Å². The number of hydrogen-bond acceptors (Lipinski definition) is 7. The van der Waals surface area contributed by atoms with Crippen LogP contribution in [0.5, 0.6) is 0 Å². The van der Waals surface area contributed by atoms with E-state index in [-0.39, 0.29) is 18.4 Å². The number of allylic oxidation sites excluding steroid dienone is 1. The van der Waals surface area contributed by atoms with Crippen molar-refractivity contribution in [3.8, 4) is 0 Å². The Hall–Kier alpha value is -0.860. The average Bonchev–Trinajstić information content (AvgIpc) is 3.47. The number of alkyl halides is 2. The number of halogens is 2. The van der Waals surface area contributed by atoms with E-state index in [0.717, 1.165) is 12.0 Å². The SMILES string of the molecule is CC1=C[C@H]2OC3[C@H](O)[C@@H](OC(=O)CCl)[C@@](C)(C34CO4)[C@@]2(COC(=O)CCl)CC1. The molecule has 4 aliphatic rings. The third-order valence-corrected chi connectivity index (χ3v) is 7.66. The predicted octanol–water partition coefficient (Wildman–Crippen LogP) is 1.56. The lowest BCUT2D eigenvalue weighted by Crippen LogP contribution is -2.66. The maximum atomic E-state index is 12.0. The summed E-state index contributed by atoms with van der Waals surface area (Å²) < 4.78 is 23.3. The Morgan fingerprint density at radius 3 is 2.61 bits per heavy atom. The Kier molecular flexibility index (Phi) is 4.99. The molecule has 2 heterocycles. The summed E-state index contributed by atoms with van der Waals surface area (Å²) in [6.45, 7) is 4.36. The molecule has 0 radical (unpaired) electrons. The number of fused-ring (bicyclic) bond motifs is 2. The van der Waals surface area contributed by atoms with Gasteiger partial charge in [0.1, 0.15) is 42.3 Å². The Morgan fingerprint density at radius 2 is 2.00 bits per heavy atom. The van der Waals surface area contributed by atoms with Crippen LogP contribution in [0.3, 0.4) is 0 Å². The minimum absolute atomic E-state index is 0.0307. The van der Waals surface area contributed by atoms with E-state index in [1.54, 1.807) is 0 Å². The summed E-state index contributed by atoms with van der Waals surface area (Å²) in [4.78, 5) is 23.9. The zero-order valence-electron chi connectivity index (χ0n) is 15.8. The molecule has 4 rings (SSSR count). The number of aliphatic hydroxyl groups excluding tert-OH is 1. The van der Waals surface area contributed by atoms with Gasteiger partial charge in [0.15, 0.2) is 0 Å². The minimum atomic E-state index is -1.07. The molecule has 0 amide bonds. The molecule has 1 spiro atoms. The Bertz CT molecular complexity index is 721. The zero-order chi connectivity index (χ0) is 20.3. The summed E-state index contributed by atoms with van der Waals surface area (Å²) in [6.07, 6.45) is 0.388. The molecule has 1 N–H and O–H groups in total. The molecule has 2 aliphatic heterocycles. The smallest absolute Gasteiger partial charge is 0.321 e. The van der Waals surface area contributed by atoms with Crippen LogP contribution in [0.15, 0.2) is 11.6 Å². The molecule has 28 heavy (non-hydrogen) atoms. The van der Waals surface area contributed by atoms with Crippen LogP contribution in [0.2, 0.25) is 0 Å². The number of epoxide rings is 1. The third-order valence-electron chi connectivity index (χ3n) is 7.22. The van der Waals surface area contributed by atoms with Crippen LogP contribution in [-0.4, -0.2) is 72.0 Å². The normalized spacial score (nSPS) is 46.0. The zero-order valence-corrected chi connectivity index (χ0v) is 17.3. The Morgan fingerprint density at radius 1 is 1.32 bits per heavy atom. The number of ether oxygens (including phenoxy) is 4. The molecule has 2 aliphatic carbocycles. The highest BCUT2D eigenvalue weighted by Crippen LogP contribution is 2.72. The quantitative estimate of drug-likeness (QED) is 0.303. The Labute approximate surface area is 173 Å². The predicted molar refractivity (Wildman–Crippen MR) is 99.2 cm³/mol. The van der Waals surface area contributed by atoms with Crippen molar-refractivity contribution in [2.24, 2.45) is 10.8 Å². The number of rotatable bonds is 5. The van der Waals surface area contributed by atoms with Crippen LogP contribution in [0.4, 0.5) is 0 Å². The fourth-order valence-electron chi connectivity index (χ4n) is 5.61. The monoisotopic (exact) mass is 434 g/mol. The van der Waals surface area contributed by atoms with Gasteiger partial charge in [-0.2, -0.15) is 0 Å². The maximum Gasteiger partial charge on any atom is 0.321 e. The fourth-order valence-corrected chi connectivity index (χ4v) is 5.75. The van der Waals surface area contributed by atoms with Crippen molar-refractivity contribution in [3.05, 3.63) is 11.6 Å². The number of carbonyl (C=O) groups is 2. The van der Waals surface area contributed by atoms with Crippen LogP contribution in [-0.2, 0) is 28.5 Å². The maximum absolute atomic E-state index is 12.0. The Balaban J connectivity index is 1.81. The van der Waals surface area contributed by atoms with Crippen molar-refractivity contribution in [3.63, 3.8) is 0 Å². The average molecular weight is 435 g/mol. The molecule has 2 saturated heterocycles. The summed E-state index contributed by atoms with van der Waals surface area (Å²) in [5.41, 5.74) is -1.22. The number of carbonyl (C=O) groups excluding carboxylic acids is 2. The molecular formula is C19H24Cl2O7. The van der Waals surface area contributed by atoms with E-state index >= 15 is 0 Å². The first-order valence-corrected chi connectivity index (χ1v) is 10.4. The van der Waals surface area contributed by atoms with Gasteiger partial charge in [0.05, 0.1) is 18.1 Å². The highest BCUT2D eigenvalue weighted by molar-refractivity contribution is 6.26. The number of hydrogen-bond donors (Lipinski definition) is 1. The standard InChI is InChI=1S/C19H24Cl2O7/c1-10-3-4-18(8-25-12(22)6-20)11(5-10)27-16-14(24)15(28-13(23)7-21)17(18,2)19(16)9-26-19/h5,11,14-16,24H,3-4,6-9H2,1-2H3/t11-,14-,15-,16?,17-,18-,19?/m1/s1. The van der Waals surface area contributed by atoms with Gasteiger partial charge in [-0.1, -0.05) is 18.6 Å². The van der Waals surface area contributed by atoms with Gasteiger partial charge in [-0.25, -0.2) is 0 Å². The van der Waals surface area contributed by atoms with E-state index in [1.165, 1.54) is 0 Å². The van der Waals surface area contributed by atoms with Crippen LogP contribution in [0.25, 0.3) is 0 Å². The third kappa shape index (κ3) is 2.53. The molecule has 3 fully saturated rings. The first-order valence-electron chi connectivity index (χ1n) is 9.37. The first-order chi connectivity index (χ1) is 13.3. The van der Waals surface area contributed by atoms with Gasteiger partial charge in [-0.05, 0) is 19.8 Å². The number of esters is 2. The highest BCUT2D eigenvalue weighted by atomic mass is 35.5. The molecule has 0 aromatic heterocycles. The lowest BCUT2D eigenvalue weighted by atomic mass is 9.51. The largest absolute Gasteiger partial charge is 0.464 e. The van der Waals surface area contributed by atoms with Gasteiger partial charge >= 0.3 is 11.9 Å². The first kappa shape index (κ1) is 20.4. The van der Waals surface area contributed by atoms with Crippen LogP contribution in [0.1, 0.15) is 26.7 Å². The highest BCUT2D eigenvalue weighted by Gasteiger charge is 2.85. The summed E-state index contributed by atoms with van der Waals surface area (Å²) in [5.74, 6) is -1.74. The summed E-state index contributed by atoms with van der Waals surface area (Å²) in [6, 6.07) is 0. The van der Waals surface area contributed by atoms with Crippen molar-refractivity contribution >= 4 is 35.1 Å². The molecule has 156 valence electrons. The van der Waals surface area contributed by atoms with Crippen molar-refractivity contribution in [1.29, 1.82) is 0 Å². The van der Waals surface area contributed by atoms with Crippen LogP contribution >= 0.6 is 23.2 Å². The van der Waals surface area contributed by atoms with E-state index in [9.17, 15) is 14.7 Å². The van der Waals surface area contributed by atoms with E-state index in [0.29, 0.717) is 13.0 Å². The second-order valence-electron chi connectivity index (χ2n) is 8.36. The van der Waals surface area contributed by atoms with E-state index in [2.05, 4.69) is 0 Å². The van der Waals surface area contributed by atoms with Crippen LogP contribution in [0, 0.1) is 10.8 Å². The van der Waals surface area contributed by atoms with Gasteiger partial charge in [-0.3, -0.25) is 9.59 Å². The topological polar surface area (TPSA) is 94.6 Å². The summed E-state index contributed by atoms with van der Waals surface area (Å²) >= 11 is 11.3. The second kappa shape index (κ2) is 6.84. The van der Waals surface area contributed by atoms with Crippen LogP contribution < -0.4 is 0 Å². The molecule has 1 saturated carbocycles. The van der Waals surface area contributed by atoms with Crippen molar-refractivity contribution < 1.29 is 33.6 Å². The molecule has 7 atom stereocenters. The van der Waals surface area contributed by atoms with E-state index < -0.39 is 52.8 Å². The van der Waals surface area contributed by atoms with Crippen molar-refractivity contribution in [2.75, 3.05) is 25.0 Å². The second-order valence-corrected chi connectivity index (χ2v) is 8.89. The van der Waals surface area contributed by atoms with Gasteiger partial charge < -0.3 is 24.1 Å². The minimum Gasteiger partial charge on any atom is -0.464 e. The van der Waals surface area contributed by atoms with Crippen molar-refractivity contribution in [1.82, 2.24) is 0 Å². The lowest BCUT2D eigenvalue weighted by Gasteiger charge is -2.58. The number of aliphatic hydroxyl groups is 1. The fraction of sp³-hybridized carbons (Fsp3) is 0.789. The van der Waals surface area contributed by atoms with E-state index in [1.807, 2.05) is 19.9 Å². The lowest BCUT2D eigenvalue weighted by molar-refractivity contribution is -0.233. The molecule has 2 unspecified atom stereocenters. The molecular weight excluding hydrogens is 411 g/mol.